The molecule has 0 saturated carbocycles. The van der Waals surface area contributed by atoms with Crippen LogP contribution in [0.1, 0.15) is 18.2 Å². The minimum atomic E-state index is 0.709. The van der Waals surface area contributed by atoms with E-state index in [9.17, 15) is 0 Å². The van der Waals surface area contributed by atoms with E-state index in [1.807, 2.05) is 19.1 Å². The molecule has 0 fully saturated rings. The van der Waals surface area contributed by atoms with Crippen molar-refractivity contribution < 1.29 is 4.74 Å². The lowest BCUT2D eigenvalue weighted by molar-refractivity contribution is 0.340. The van der Waals surface area contributed by atoms with Crippen LogP contribution in [0, 0.1) is 13.8 Å². The van der Waals surface area contributed by atoms with E-state index in [4.69, 9.17) is 4.74 Å². The van der Waals surface area contributed by atoms with Gasteiger partial charge < -0.3 is 9.30 Å². The quantitative estimate of drug-likeness (QED) is 0.764. The summed E-state index contributed by atoms with van der Waals surface area (Å²) in [5.41, 5.74) is 3.71. The molecule has 1 aromatic carbocycles. The minimum Gasteiger partial charge on any atom is -0.494 e. The third-order valence-corrected chi connectivity index (χ3v) is 2.58. The van der Waals surface area contributed by atoms with Crippen LogP contribution in [-0.2, 0) is 0 Å². The Balaban J connectivity index is 2.31. The highest BCUT2D eigenvalue weighted by Crippen LogP contribution is 2.18. The maximum atomic E-state index is 5.42. The van der Waals surface area contributed by atoms with Crippen molar-refractivity contribution in [2.45, 2.75) is 20.8 Å². The van der Waals surface area contributed by atoms with Crippen molar-refractivity contribution in [2.24, 2.45) is 0 Å². The summed E-state index contributed by atoms with van der Waals surface area (Å²) in [6, 6.07) is 10.4. The minimum absolute atomic E-state index is 0.709. The molecule has 0 bridgehead atoms. The van der Waals surface area contributed by atoms with Crippen LogP contribution in [0.5, 0.6) is 5.75 Å². The molecule has 2 aromatic rings. The number of aromatic nitrogens is 1. The van der Waals surface area contributed by atoms with Crippen molar-refractivity contribution in [1.29, 1.82) is 0 Å². The van der Waals surface area contributed by atoms with Gasteiger partial charge in [0.1, 0.15) is 5.75 Å². The van der Waals surface area contributed by atoms with Gasteiger partial charge in [-0.05, 0) is 56.7 Å². The summed E-state index contributed by atoms with van der Waals surface area (Å²) < 4.78 is 7.61. The topological polar surface area (TPSA) is 14.2 Å². The van der Waals surface area contributed by atoms with Gasteiger partial charge in [-0.25, -0.2) is 0 Å². The molecule has 1 heterocycles. The highest BCUT2D eigenvalue weighted by molar-refractivity contribution is 5.40. The molecular formula is C14H17NO. The van der Waals surface area contributed by atoms with Crippen molar-refractivity contribution >= 4 is 0 Å². The molecule has 2 heteroatoms. The van der Waals surface area contributed by atoms with Gasteiger partial charge in [0.25, 0.3) is 0 Å². The fraction of sp³-hybridized carbons (Fsp3) is 0.286. The Bertz CT molecular complexity index is 468. The van der Waals surface area contributed by atoms with Gasteiger partial charge in [0, 0.05) is 17.6 Å². The predicted molar refractivity (Wildman–Crippen MR) is 66.4 cm³/mol. The molecule has 0 spiro atoms. The lowest BCUT2D eigenvalue weighted by Crippen LogP contribution is -1.95. The Kier molecular flexibility index (Phi) is 3.00. The van der Waals surface area contributed by atoms with E-state index in [0.717, 1.165) is 5.75 Å². The molecule has 0 radical (unpaired) electrons. The molecule has 0 aliphatic carbocycles. The first-order chi connectivity index (χ1) is 7.70. The van der Waals surface area contributed by atoms with Crippen LogP contribution in [0.4, 0.5) is 0 Å². The summed E-state index contributed by atoms with van der Waals surface area (Å²) in [5, 5.41) is 0. The van der Waals surface area contributed by atoms with Crippen molar-refractivity contribution in [3.05, 3.63) is 47.8 Å². The molecule has 0 amide bonds. The van der Waals surface area contributed by atoms with Gasteiger partial charge >= 0.3 is 0 Å². The first kappa shape index (κ1) is 10.8. The number of ether oxygens (including phenoxy) is 1. The second-order valence-corrected chi connectivity index (χ2v) is 3.96. The molecule has 0 unspecified atom stereocenters. The number of benzene rings is 1. The van der Waals surface area contributed by atoms with E-state index in [0.29, 0.717) is 6.61 Å². The van der Waals surface area contributed by atoms with Crippen molar-refractivity contribution in [1.82, 2.24) is 4.57 Å². The Morgan fingerprint density at radius 3 is 2.31 bits per heavy atom. The van der Waals surface area contributed by atoms with Crippen molar-refractivity contribution in [3.63, 3.8) is 0 Å². The number of hydrogen-bond acceptors (Lipinski definition) is 1. The van der Waals surface area contributed by atoms with E-state index in [2.05, 4.69) is 42.8 Å². The Hall–Kier alpha value is -1.70. The maximum absolute atomic E-state index is 5.42. The molecule has 0 aliphatic heterocycles. The van der Waals surface area contributed by atoms with Gasteiger partial charge in [-0.1, -0.05) is 0 Å². The highest BCUT2D eigenvalue weighted by atomic mass is 16.5. The highest BCUT2D eigenvalue weighted by Gasteiger charge is 2.01. The molecule has 2 rings (SSSR count). The van der Waals surface area contributed by atoms with E-state index >= 15 is 0 Å². The van der Waals surface area contributed by atoms with Gasteiger partial charge in [0.05, 0.1) is 6.61 Å². The summed E-state index contributed by atoms with van der Waals surface area (Å²) in [7, 11) is 0. The molecule has 1 aromatic heterocycles. The molecule has 2 nitrogen and oxygen atoms in total. The van der Waals surface area contributed by atoms with Crippen molar-refractivity contribution in [3.8, 4) is 11.4 Å². The van der Waals surface area contributed by atoms with Crippen LogP contribution in [-0.4, -0.2) is 11.2 Å². The van der Waals surface area contributed by atoms with Crippen LogP contribution in [0.2, 0.25) is 0 Å². The number of nitrogens with zero attached hydrogens (tertiary/aromatic N) is 1. The standard InChI is InChI=1S/C14H17NO/c1-4-16-14-7-5-13(6-8-14)15-10-11(2)9-12(15)3/h5-10H,4H2,1-3H3. The van der Waals surface area contributed by atoms with Gasteiger partial charge in [0.15, 0.2) is 0 Å². The second-order valence-electron chi connectivity index (χ2n) is 3.96. The van der Waals surface area contributed by atoms with Crippen LogP contribution in [0.3, 0.4) is 0 Å². The van der Waals surface area contributed by atoms with Gasteiger partial charge in [-0.2, -0.15) is 0 Å². The largest absolute Gasteiger partial charge is 0.494 e. The van der Waals surface area contributed by atoms with Crippen LogP contribution in [0.15, 0.2) is 36.5 Å². The smallest absolute Gasteiger partial charge is 0.119 e. The molecular weight excluding hydrogens is 198 g/mol. The number of hydrogen-bond donors (Lipinski definition) is 0. The zero-order valence-electron chi connectivity index (χ0n) is 10.0. The van der Waals surface area contributed by atoms with E-state index in [1.54, 1.807) is 0 Å². The average Bonchev–Trinajstić information content (AvgIpc) is 2.59. The summed E-state index contributed by atoms with van der Waals surface area (Å²) in [6.45, 7) is 6.93. The molecule has 0 saturated heterocycles. The monoisotopic (exact) mass is 215 g/mol. The van der Waals surface area contributed by atoms with E-state index in [1.165, 1.54) is 16.9 Å². The summed E-state index contributed by atoms with van der Waals surface area (Å²) in [6.07, 6.45) is 2.14. The van der Waals surface area contributed by atoms with E-state index in [-0.39, 0.29) is 0 Å². The Labute approximate surface area is 96.5 Å². The van der Waals surface area contributed by atoms with Gasteiger partial charge in [0.2, 0.25) is 0 Å². The normalized spacial score (nSPS) is 10.4. The zero-order valence-corrected chi connectivity index (χ0v) is 10.0. The average molecular weight is 215 g/mol. The van der Waals surface area contributed by atoms with Crippen LogP contribution >= 0.6 is 0 Å². The summed E-state index contributed by atoms with van der Waals surface area (Å²) in [5.74, 6) is 0.924. The summed E-state index contributed by atoms with van der Waals surface area (Å²) in [4.78, 5) is 0. The Morgan fingerprint density at radius 1 is 1.12 bits per heavy atom. The molecule has 0 aliphatic rings. The fourth-order valence-electron chi connectivity index (χ4n) is 1.89. The maximum Gasteiger partial charge on any atom is 0.119 e. The third kappa shape index (κ3) is 2.11. The fourth-order valence-corrected chi connectivity index (χ4v) is 1.89. The number of aryl methyl sites for hydroxylation is 2. The second kappa shape index (κ2) is 4.44. The first-order valence-electron chi connectivity index (χ1n) is 5.59. The predicted octanol–water partition coefficient (Wildman–Crippen LogP) is 3.49. The lowest BCUT2D eigenvalue weighted by Gasteiger charge is -2.07. The SMILES string of the molecule is CCOc1ccc(-n2cc(C)cc2C)cc1. The molecule has 84 valence electrons. The van der Waals surface area contributed by atoms with E-state index < -0.39 is 0 Å². The van der Waals surface area contributed by atoms with Crippen LogP contribution in [0.25, 0.3) is 5.69 Å². The van der Waals surface area contributed by atoms with Gasteiger partial charge in [-0.3, -0.25) is 0 Å². The molecule has 16 heavy (non-hydrogen) atoms. The summed E-state index contributed by atoms with van der Waals surface area (Å²) >= 11 is 0. The van der Waals surface area contributed by atoms with Crippen LogP contribution < -0.4 is 4.74 Å². The lowest BCUT2D eigenvalue weighted by atomic mass is 10.3. The first-order valence-corrected chi connectivity index (χ1v) is 5.59. The van der Waals surface area contributed by atoms with Crippen molar-refractivity contribution in [2.75, 3.05) is 6.61 Å². The van der Waals surface area contributed by atoms with Gasteiger partial charge in [-0.15, -0.1) is 0 Å². The number of rotatable bonds is 3. The third-order valence-electron chi connectivity index (χ3n) is 2.58. The zero-order chi connectivity index (χ0) is 11.5. The Morgan fingerprint density at radius 2 is 1.81 bits per heavy atom. The molecule has 0 atom stereocenters. The molecule has 0 N–H and O–H groups in total.